The number of carbonyl (C=O) groups is 2. The average Bonchev–Trinajstić information content (AvgIpc) is 3.24. The Morgan fingerprint density at radius 2 is 2.08 bits per heavy atom. The number of rotatable bonds is 6. The van der Waals surface area contributed by atoms with Crippen LogP contribution in [0.4, 0.5) is 0 Å². The minimum Gasteiger partial charge on any atom is -0.464 e. The lowest BCUT2D eigenvalue weighted by molar-refractivity contribution is -0.145. The smallest absolute Gasteiger partial charge is 0.328 e. The van der Waals surface area contributed by atoms with E-state index in [4.69, 9.17) is 9.15 Å². The summed E-state index contributed by atoms with van der Waals surface area (Å²) in [5.74, 6) is -0.760. The van der Waals surface area contributed by atoms with Crippen molar-refractivity contribution in [3.05, 3.63) is 60.2 Å². The predicted molar refractivity (Wildman–Crippen MR) is 88.6 cm³/mol. The molecular formula is C18H18N2O4. The second-order valence-corrected chi connectivity index (χ2v) is 5.32. The van der Waals surface area contributed by atoms with E-state index < -0.39 is 17.9 Å². The van der Waals surface area contributed by atoms with E-state index in [1.807, 2.05) is 30.5 Å². The maximum Gasteiger partial charge on any atom is 0.328 e. The summed E-state index contributed by atoms with van der Waals surface area (Å²) in [4.78, 5) is 27.6. The Kier molecular flexibility index (Phi) is 4.65. The van der Waals surface area contributed by atoms with Gasteiger partial charge in [0.05, 0.1) is 12.9 Å². The fourth-order valence-corrected chi connectivity index (χ4v) is 2.59. The molecule has 0 saturated carbocycles. The molecule has 0 aliphatic rings. The van der Waals surface area contributed by atoms with Crippen molar-refractivity contribution in [3.8, 4) is 0 Å². The number of benzene rings is 1. The van der Waals surface area contributed by atoms with Gasteiger partial charge in [-0.3, -0.25) is 4.79 Å². The van der Waals surface area contributed by atoms with Crippen LogP contribution in [0.2, 0.25) is 0 Å². The fraction of sp³-hybridized carbons (Fsp3) is 0.222. The first-order valence-corrected chi connectivity index (χ1v) is 7.75. The molecule has 0 spiro atoms. The quantitative estimate of drug-likeness (QED) is 0.682. The van der Waals surface area contributed by atoms with Gasteiger partial charge in [0.1, 0.15) is 6.04 Å². The van der Waals surface area contributed by atoms with Gasteiger partial charge in [0.15, 0.2) is 5.76 Å². The highest BCUT2D eigenvalue weighted by atomic mass is 16.5. The van der Waals surface area contributed by atoms with Crippen molar-refractivity contribution in [2.24, 2.45) is 0 Å². The van der Waals surface area contributed by atoms with Crippen LogP contribution in [0.1, 0.15) is 23.0 Å². The van der Waals surface area contributed by atoms with Gasteiger partial charge in [-0.2, -0.15) is 0 Å². The Morgan fingerprint density at radius 3 is 2.83 bits per heavy atom. The van der Waals surface area contributed by atoms with Crippen molar-refractivity contribution in [1.29, 1.82) is 0 Å². The van der Waals surface area contributed by atoms with Gasteiger partial charge >= 0.3 is 5.97 Å². The van der Waals surface area contributed by atoms with E-state index >= 15 is 0 Å². The molecule has 3 aromatic rings. The Hall–Kier alpha value is -3.02. The highest BCUT2D eigenvalue weighted by Crippen LogP contribution is 2.19. The van der Waals surface area contributed by atoms with Crippen LogP contribution in [0.25, 0.3) is 10.9 Å². The molecule has 0 fully saturated rings. The first kappa shape index (κ1) is 15.9. The summed E-state index contributed by atoms with van der Waals surface area (Å²) in [5.41, 5.74) is 1.91. The molecule has 2 heterocycles. The number of H-pyrrole nitrogens is 1. The van der Waals surface area contributed by atoms with Gasteiger partial charge < -0.3 is 19.5 Å². The molecule has 0 bridgehead atoms. The van der Waals surface area contributed by atoms with E-state index in [0.717, 1.165) is 16.5 Å². The van der Waals surface area contributed by atoms with Crippen LogP contribution in [0.5, 0.6) is 0 Å². The van der Waals surface area contributed by atoms with Crippen molar-refractivity contribution < 1.29 is 18.7 Å². The van der Waals surface area contributed by atoms with Crippen LogP contribution in [-0.4, -0.2) is 29.5 Å². The zero-order valence-corrected chi connectivity index (χ0v) is 13.2. The molecule has 24 heavy (non-hydrogen) atoms. The monoisotopic (exact) mass is 326 g/mol. The number of nitrogens with one attached hydrogen (secondary N) is 2. The first-order valence-electron chi connectivity index (χ1n) is 7.75. The molecule has 2 N–H and O–H groups in total. The molecule has 0 aliphatic heterocycles. The Morgan fingerprint density at radius 1 is 1.25 bits per heavy atom. The van der Waals surface area contributed by atoms with Crippen LogP contribution in [0, 0.1) is 0 Å². The van der Waals surface area contributed by atoms with Gasteiger partial charge in [-0.05, 0) is 30.7 Å². The highest BCUT2D eigenvalue weighted by Gasteiger charge is 2.25. The number of furan rings is 1. The molecule has 2 aromatic heterocycles. The number of amides is 1. The number of aromatic amines is 1. The summed E-state index contributed by atoms with van der Waals surface area (Å²) in [6.45, 7) is 1.98. The van der Waals surface area contributed by atoms with Gasteiger partial charge in [0.25, 0.3) is 5.91 Å². The van der Waals surface area contributed by atoms with Crippen molar-refractivity contribution in [1.82, 2.24) is 10.3 Å². The van der Waals surface area contributed by atoms with Crippen molar-refractivity contribution in [2.45, 2.75) is 19.4 Å². The number of hydrogen-bond acceptors (Lipinski definition) is 4. The summed E-state index contributed by atoms with van der Waals surface area (Å²) in [6.07, 6.45) is 3.58. The van der Waals surface area contributed by atoms with Gasteiger partial charge in [-0.1, -0.05) is 18.2 Å². The largest absolute Gasteiger partial charge is 0.464 e. The van der Waals surface area contributed by atoms with E-state index in [-0.39, 0.29) is 12.4 Å². The zero-order chi connectivity index (χ0) is 16.9. The lowest BCUT2D eigenvalue weighted by Gasteiger charge is -2.16. The average molecular weight is 326 g/mol. The van der Waals surface area contributed by atoms with Crippen LogP contribution in [-0.2, 0) is 16.0 Å². The fourth-order valence-electron chi connectivity index (χ4n) is 2.59. The highest BCUT2D eigenvalue weighted by molar-refractivity contribution is 5.95. The van der Waals surface area contributed by atoms with Crippen LogP contribution < -0.4 is 5.32 Å². The van der Waals surface area contributed by atoms with E-state index in [2.05, 4.69) is 10.3 Å². The molecule has 1 amide bonds. The summed E-state index contributed by atoms with van der Waals surface area (Å²) in [5, 5.41) is 3.70. The maximum absolute atomic E-state index is 12.2. The van der Waals surface area contributed by atoms with E-state index in [1.165, 1.54) is 6.26 Å². The number of ether oxygens (including phenoxy) is 1. The Balaban J connectivity index is 1.82. The SMILES string of the molecule is CCOC(=O)[C@H](Cc1c[nH]c2ccccc12)NC(=O)c1ccco1. The molecule has 1 aromatic carbocycles. The van der Waals surface area contributed by atoms with Gasteiger partial charge in [0, 0.05) is 23.5 Å². The van der Waals surface area contributed by atoms with Crippen LogP contribution in [0.15, 0.2) is 53.3 Å². The van der Waals surface area contributed by atoms with Crippen molar-refractivity contribution in [2.75, 3.05) is 6.61 Å². The minimum atomic E-state index is -0.790. The standard InChI is InChI=1S/C18H18N2O4/c1-2-23-18(22)15(20-17(21)16-8-5-9-24-16)10-12-11-19-14-7-4-3-6-13(12)14/h3-9,11,15,19H,2,10H2,1H3,(H,20,21)/t15-/m0/s1. The Bertz CT molecular complexity index is 836. The lowest BCUT2D eigenvalue weighted by atomic mass is 10.0. The second-order valence-electron chi connectivity index (χ2n) is 5.32. The van der Waals surface area contributed by atoms with E-state index in [1.54, 1.807) is 19.1 Å². The molecule has 6 nitrogen and oxygen atoms in total. The predicted octanol–water partition coefficient (Wildman–Crippen LogP) is 2.67. The summed E-state index contributed by atoms with van der Waals surface area (Å²) in [7, 11) is 0. The van der Waals surface area contributed by atoms with Gasteiger partial charge in [0.2, 0.25) is 0 Å². The molecule has 1 atom stereocenters. The number of hydrogen-bond donors (Lipinski definition) is 2. The first-order chi connectivity index (χ1) is 11.7. The second kappa shape index (κ2) is 7.04. The third kappa shape index (κ3) is 3.32. The van der Waals surface area contributed by atoms with Crippen molar-refractivity contribution >= 4 is 22.8 Å². The Labute approximate surface area is 138 Å². The molecule has 0 saturated heterocycles. The normalized spacial score (nSPS) is 12.0. The molecule has 0 radical (unpaired) electrons. The number of carbonyl (C=O) groups excluding carboxylic acids is 2. The zero-order valence-electron chi connectivity index (χ0n) is 13.2. The molecule has 124 valence electrons. The molecule has 3 rings (SSSR count). The van der Waals surface area contributed by atoms with Crippen molar-refractivity contribution in [3.63, 3.8) is 0 Å². The molecule has 0 aliphatic carbocycles. The van der Waals surface area contributed by atoms with E-state index in [9.17, 15) is 9.59 Å². The number of fused-ring (bicyclic) bond motifs is 1. The summed E-state index contributed by atoms with van der Waals surface area (Å²) < 4.78 is 10.2. The lowest BCUT2D eigenvalue weighted by Crippen LogP contribution is -2.43. The van der Waals surface area contributed by atoms with Gasteiger partial charge in [-0.25, -0.2) is 4.79 Å². The third-order valence-corrected chi connectivity index (χ3v) is 3.72. The van der Waals surface area contributed by atoms with Gasteiger partial charge in [-0.15, -0.1) is 0 Å². The molecule has 6 heteroatoms. The summed E-state index contributed by atoms with van der Waals surface area (Å²) in [6, 6.07) is 10.2. The summed E-state index contributed by atoms with van der Waals surface area (Å²) >= 11 is 0. The number of esters is 1. The van der Waals surface area contributed by atoms with Crippen LogP contribution in [0.3, 0.4) is 0 Å². The van der Waals surface area contributed by atoms with E-state index in [0.29, 0.717) is 6.42 Å². The number of aromatic nitrogens is 1. The topological polar surface area (TPSA) is 84.3 Å². The van der Waals surface area contributed by atoms with Crippen LogP contribution >= 0.6 is 0 Å². The molecule has 0 unspecified atom stereocenters. The number of para-hydroxylation sites is 1. The molecular weight excluding hydrogens is 308 g/mol. The third-order valence-electron chi connectivity index (χ3n) is 3.72. The maximum atomic E-state index is 12.2. The minimum absolute atomic E-state index is 0.156.